The third kappa shape index (κ3) is 15.3. The van der Waals surface area contributed by atoms with E-state index in [2.05, 4.69) is 76.8 Å². The molecule has 3 aromatic carbocycles. The molecule has 4 aliphatic heterocycles. The normalized spacial score (nSPS) is 22.3. The summed E-state index contributed by atoms with van der Waals surface area (Å²) in [5.41, 5.74) is 4.68. The number of unbranched alkanes of at least 4 members (excludes halogenated alkanes) is 2. The van der Waals surface area contributed by atoms with Crippen LogP contribution < -0.4 is 31.9 Å². The van der Waals surface area contributed by atoms with E-state index < -0.39 is 60.0 Å². The first-order valence-corrected chi connectivity index (χ1v) is 30.3. The van der Waals surface area contributed by atoms with Crippen LogP contribution in [-0.2, 0) is 54.7 Å². The van der Waals surface area contributed by atoms with Crippen LogP contribution in [-0.4, -0.2) is 138 Å². The molecule has 5 aromatic rings. The number of benzene rings is 3. The summed E-state index contributed by atoms with van der Waals surface area (Å²) in [6, 6.07) is 14.9. The van der Waals surface area contributed by atoms with Gasteiger partial charge in [0.25, 0.3) is 0 Å². The number of aryl methyl sites for hydroxylation is 4. The number of nitrogens with one attached hydrogen (secondary N) is 6. The Hall–Kier alpha value is -7.46. The number of hydrogen-bond acceptors (Lipinski definition) is 12. The van der Waals surface area contributed by atoms with Gasteiger partial charge >= 0.3 is 0 Å². The van der Waals surface area contributed by atoms with Gasteiger partial charge < -0.3 is 41.7 Å². The maximum atomic E-state index is 14.3. The number of nitrogens with zero attached hydrogens (tertiary/aromatic N) is 8. The molecular weight excluding hydrogens is 1070 g/mol. The number of fused-ring (bicyclic) bond motifs is 2. The van der Waals surface area contributed by atoms with Crippen molar-refractivity contribution in [3.8, 4) is 0 Å². The maximum Gasteiger partial charge on any atom is 0.246 e. The predicted molar refractivity (Wildman–Crippen MR) is 310 cm³/mol. The van der Waals surface area contributed by atoms with Crippen LogP contribution in [0.5, 0.6) is 0 Å². The summed E-state index contributed by atoms with van der Waals surface area (Å²) in [5, 5.41) is 35.7. The summed E-state index contributed by atoms with van der Waals surface area (Å²) >= 11 is 0. The second-order valence-corrected chi connectivity index (χ2v) is 23.2. The third-order valence-electron chi connectivity index (χ3n) is 17.5. The maximum absolute atomic E-state index is 14.3. The van der Waals surface area contributed by atoms with Crippen LogP contribution in [0.3, 0.4) is 0 Å². The van der Waals surface area contributed by atoms with Crippen molar-refractivity contribution in [3.05, 3.63) is 130 Å². The monoisotopic (exact) mass is 1160 g/mol. The lowest BCUT2D eigenvalue weighted by molar-refractivity contribution is -0.144. The molecule has 0 spiro atoms. The van der Waals surface area contributed by atoms with Crippen LogP contribution in [0.4, 0.5) is 8.78 Å². The predicted octanol–water partition coefficient (Wildman–Crippen LogP) is 5.66. The van der Waals surface area contributed by atoms with Crippen LogP contribution in [0.1, 0.15) is 162 Å². The number of aromatic nitrogens is 6. The van der Waals surface area contributed by atoms with Crippen molar-refractivity contribution in [3.63, 3.8) is 0 Å². The van der Waals surface area contributed by atoms with E-state index >= 15 is 0 Å². The van der Waals surface area contributed by atoms with E-state index in [0.29, 0.717) is 74.1 Å². The zero-order valence-corrected chi connectivity index (χ0v) is 48.8. The van der Waals surface area contributed by atoms with Crippen LogP contribution in [0, 0.1) is 11.6 Å². The average molecular weight is 1160 g/mol. The van der Waals surface area contributed by atoms with Gasteiger partial charge in [-0.2, -0.15) is 0 Å². The average Bonchev–Trinajstić information content (AvgIpc) is 4.40. The molecule has 20 nitrogen and oxygen atoms in total. The summed E-state index contributed by atoms with van der Waals surface area (Å²) in [5.74, 6) is -2.51. The molecule has 4 fully saturated rings. The largest absolute Gasteiger partial charge is 0.343 e. The first kappa shape index (κ1) is 61.1. The standard InChI is InChI=1S/C62H82F2N14O6/c1-39(65-3)57(79)67-49-17-7-5-15-47-31-33-53(77(47)61(49)83)59(81)69-55(43-23-27-45(63)28-24-43)51-37-75(73-71-51)35-11-9-13-41-19-21-42(22-20-41)14-10-12-36-76-38-52(72-74-76)56(44-25-29-46(64)30-26-44)70-60(82)54-34-32-48-16-6-8-18-50(62(84)78(48)54)68-58(80)40(2)66-4/h19-30,37-40,47-50,53-56,65-66H,5-18,31-36H2,1-4H3,(H,67,79)(H,68,80)(H,69,81)(H,70,82)/t39-,40-,47-,48-,49-,50-,53-,54-,55-,56-/m0/s1. The van der Waals surface area contributed by atoms with E-state index in [0.717, 1.165) is 77.0 Å². The molecule has 0 unspecified atom stereocenters. The summed E-state index contributed by atoms with van der Waals surface area (Å²) in [7, 11) is 3.38. The van der Waals surface area contributed by atoms with Crippen molar-refractivity contribution < 1.29 is 37.5 Å². The number of halogens is 2. The van der Waals surface area contributed by atoms with E-state index in [1.54, 1.807) is 71.4 Å². The minimum absolute atomic E-state index is 0.107. The number of likely N-dealkylation sites (N-methyl/N-ethyl adjacent to an activating group) is 2. The molecule has 6 amide bonds. The second-order valence-electron chi connectivity index (χ2n) is 23.2. The van der Waals surface area contributed by atoms with Crippen LogP contribution in [0.2, 0.25) is 0 Å². The van der Waals surface area contributed by atoms with Gasteiger partial charge in [-0.1, -0.05) is 84.6 Å². The Balaban J connectivity index is 0.745. The summed E-state index contributed by atoms with van der Waals surface area (Å²) < 4.78 is 31.9. The smallest absolute Gasteiger partial charge is 0.246 e. The molecule has 6 N–H and O–H groups in total. The first-order valence-electron chi connectivity index (χ1n) is 30.3. The molecule has 0 radical (unpaired) electrons. The molecule has 450 valence electrons. The Bertz CT molecular complexity index is 2830. The molecule has 9 rings (SSSR count). The second kappa shape index (κ2) is 28.9. The lowest BCUT2D eigenvalue weighted by Gasteiger charge is -2.36. The number of carbonyl (C=O) groups excluding carboxylic acids is 6. The fraction of sp³-hybridized carbons (Fsp3) is 0.548. The van der Waals surface area contributed by atoms with Gasteiger partial charge in [-0.25, -0.2) is 8.78 Å². The van der Waals surface area contributed by atoms with Gasteiger partial charge in [-0.3, -0.25) is 38.1 Å². The zero-order chi connectivity index (χ0) is 59.3. The Morgan fingerprint density at radius 2 is 0.905 bits per heavy atom. The summed E-state index contributed by atoms with van der Waals surface area (Å²) in [4.78, 5) is 85.8. The van der Waals surface area contributed by atoms with Crippen molar-refractivity contribution in [2.45, 2.75) is 203 Å². The van der Waals surface area contributed by atoms with Crippen molar-refractivity contribution in [2.75, 3.05) is 14.1 Å². The van der Waals surface area contributed by atoms with Crippen LogP contribution in [0.25, 0.3) is 0 Å². The van der Waals surface area contributed by atoms with Crippen molar-refractivity contribution in [1.82, 2.24) is 71.7 Å². The molecule has 0 saturated carbocycles. The van der Waals surface area contributed by atoms with E-state index in [1.807, 2.05) is 12.4 Å². The molecule has 0 aliphatic carbocycles. The molecule has 22 heteroatoms. The van der Waals surface area contributed by atoms with Gasteiger partial charge in [0.2, 0.25) is 35.4 Å². The third-order valence-corrected chi connectivity index (χ3v) is 17.5. The fourth-order valence-electron chi connectivity index (χ4n) is 12.3. The lowest BCUT2D eigenvalue weighted by Crippen LogP contribution is -2.58. The van der Waals surface area contributed by atoms with Crippen LogP contribution >= 0.6 is 0 Å². The highest BCUT2D eigenvalue weighted by molar-refractivity contribution is 5.95. The van der Waals surface area contributed by atoms with E-state index in [9.17, 15) is 37.5 Å². The topological polar surface area (TPSA) is 242 Å². The highest BCUT2D eigenvalue weighted by Gasteiger charge is 2.46. The molecule has 2 aromatic heterocycles. The molecule has 0 bridgehead atoms. The van der Waals surface area contributed by atoms with Gasteiger partial charge in [-0.15, -0.1) is 10.2 Å². The lowest BCUT2D eigenvalue weighted by atomic mass is 9.98. The van der Waals surface area contributed by atoms with E-state index in [-0.39, 0.29) is 47.5 Å². The molecule has 4 aliphatic rings. The molecule has 10 atom stereocenters. The minimum atomic E-state index is -0.744. The molecule has 84 heavy (non-hydrogen) atoms. The Morgan fingerprint density at radius 3 is 1.29 bits per heavy atom. The van der Waals surface area contributed by atoms with Gasteiger partial charge in [0.1, 0.15) is 47.2 Å². The molecule has 4 saturated heterocycles. The Morgan fingerprint density at radius 1 is 0.524 bits per heavy atom. The minimum Gasteiger partial charge on any atom is -0.343 e. The quantitative estimate of drug-likeness (QED) is 0.0411. The van der Waals surface area contributed by atoms with Crippen molar-refractivity contribution in [2.24, 2.45) is 0 Å². The van der Waals surface area contributed by atoms with E-state index in [1.165, 1.54) is 35.4 Å². The summed E-state index contributed by atoms with van der Waals surface area (Å²) in [6.45, 7) is 4.66. The number of carbonyl (C=O) groups is 6. The SMILES string of the molecule is CN[C@@H](C)C(=O)N[C@H]1CCCC[C@H]2CC[C@@H](C(=O)N[C@@H](c3ccc(F)cc3)c3cn(CCCCc4ccc(CCCCn5cc([C@@H](NC(=O)[C@@H]6CC[C@@H]7CCCC[C@H](NC(=O)[C@H](C)NC)C(=O)N76)c6ccc(F)cc6)nn5)cc4)nn3)N2C1=O. The highest BCUT2D eigenvalue weighted by Crippen LogP contribution is 2.35. The number of amides is 6. The molecule has 6 heterocycles. The van der Waals surface area contributed by atoms with E-state index in [4.69, 9.17) is 0 Å². The Labute approximate surface area is 490 Å². The van der Waals surface area contributed by atoms with Crippen molar-refractivity contribution >= 4 is 35.4 Å². The van der Waals surface area contributed by atoms with Crippen LogP contribution in [0.15, 0.2) is 85.2 Å². The first-order chi connectivity index (χ1) is 40.7. The van der Waals surface area contributed by atoms with Crippen molar-refractivity contribution in [1.29, 1.82) is 0 Å². The highest BCUT2D eigenvalue weighted by atomic mass is 19.1. The molecular formula is C62H82F2N14O6. The van der Waals surface area contributed by atoms with Gasteiger partial charge in [0.15, 0.2) is 0 Å². The zero-order valence-electron chi connectivity index (χ0n) is 48.8. The Kier molecular flexibility index (Phi) is 21.0. The summed E-state index contributed by atoms with van der Waals surface area (Å²) in [6.07, 6.45) is 17.1. The number of rotatable bonds is 24. The van der Waals surface area contributed by atoms with Gasteiger partial charge in [-0.05, 0) is 164 Å². The van der Waals surface area contributed by atoms with Gasteiger partial charge in [0, 0.05) is 25.2 Å². The number of hydrogen-bond donors (Lipinski definition) is 6. The van der Waals surface area contributed by atoms with Gasteiger partial charge in [0.05, 0.1) is 36.6 Å². The fourth-order valence-corrected chi connectivity index (χ4v) is 12.3.